The maximum absolute atomic E-state index is 5.45. The lowest BCUT2D eigenvalue weighted by molar-refractivity contribution is 0.386. The predicted molar refractivity (Wildman–Crippen MR) is 64.4 cm³/mol. The van der Waals surface area contributed by atoms with Crippen molar-refractivity contribution in [1.82, 2.24) is 5.32 Å². The van der Waals surface area contributed by atoms with Crippen LogP contribution < -0.4 is 14.8 Å². The average molecular weight is 221 g/mol. The van der Waals surface area contributed by atoms with Crippen LogP contribution in [0, 0.1) is 0 Å². The molecule has 1 saturated carbocycles. The minimum atomic E-state index is 0.284. The summed E-state index contributed by atoms with van der Waals surface area (Å²) >= 11 is 0. The van der Waals surface area contributed by atoms with Gasteiger partial charge in [0.15, 0.2) is 0 Å². The summed E-state index contributed by atoms with van der Waals surface area (Å²) in [6.07, 6.45) is 2.47. The molecule has 0 saturated heterocycles. The number of rotatable bonds is 5. The van der Waals surface area contributed by atoms with Gasteiger partial charge in [0.2, 0.25) is 0 Å². The fourth-order valence-electron chi connectivity index (χ4n) is 2.27. The largest absolute Gasteiger partial charge is 0.497 e. The highest BCUT2D eigenvalue weighted by molar-refractivity contribution is 5.47. The summed E-state index contributed by atoms with van der Waals surface area (Å²) in [4.78, 5) is 0. The first kappa shape index (κ1) is 11.3. The second-order valence-corrected chi connectivity index (χ2v) is 4.38. The van der Waals surface area contributed by atoms with Gasteiger partial charge in [-0.05, 0) is 26.0 Å². The Bertz CT molecular complexity index is 372. The zero-order valence-electron chi connectivity index (χ0n) is 10.2. The molecule has 0 bridgehead atoms. The molecule has 0 unspecified atom stereocenters. The molecule has 0 radical (unpaired) electrons. The minimum Gasteiger partial charge on any atom is -0.497 e. The highest BCUT2D eigenvalue weighted by Gasteiger charge is 2.45. The van der Waals surface area contributed by atoms with Crippen LogP contribution in [0.15, 0.2) is 18.2 Å². The van der Waals surface area contributed by atoms with Gasteiger partial charge in [0.05, 0.1) is 14.2 Å². The van der Waals surface area contributed by atoms with E-state index in [0.717, 1.165) is 18.0 Å². The van der Waals surface area contributed by atoms with Gasteiger partial charge in [-0.3, -0.25) is 0 Å². The first-order valence-electron chi connectivity index (χ1n) is 5.63. The van der Waals surface area contributed by atoms with Crippen LogP contribution >= 0.6 is 0 Å². The molecule has 0 aliphatic heterocycles. The van der Waals surface area contributed by atoms with E-state index in [9.17, 15) is 0 Å². The van der Waals surface area contributed by atoms with Crippen LogP contribution in [0.5, 0.6) is 11.5 Å². The third-order valence-corrected chi connectivity index (χ3v) is 3.35. The van der Waals surface area contributed by atoms with Crippen molar-refractivity contribution in [2.75, 3.05) is 27.8 Å². The van der Waals surface area contributed by atoms with Crippen LogP contribution in [0.3, 0.4) is 0 Å². The van der Waals surface area contributed by atoms with E-state index in [1.54, 1.807) is 14.2 Å². The van der Waals surface area contributed by atoms with E-state index in [1.165, 1.54) is 18.4 Å². The van der Waals surface area contributed by atoms with Crippen LogP contribution in [0.25, 0.3) is 0 Å². The van der Waals surface area contributed by atoms with E-state index >= 15 is 0 Å². The van der Waals surface area contributed by atoms with E-state index in [-0.39, 0.29) is 5.41 Å². The van der Waals surface area contributed by atoms with Crippen molar-refractivity contribution in [1.29, 1.82) is 0 Å². The molecule has 1 aromatic rings. The molecule has 1 fully saturated rings. The van der Waals surface area contributed by atoms with Gasteiger partial charge >= 0.3 is 0 Å². The van der Waals surface area contributed by atoms with Crippen molar-refractivity contribution in [3.63, 3.8) is 0 Å². The second-order valence-electron chi connectivity index (χ2n) is 4.38. The topological polar surface area (TPSA) is 30.5 Å². The van der Waals surface area contributed by atoms with Crippen LogP contribution in [0.1, 0.15) is 18.4 Å². The highest BCUT2D eigenvalue weighted by Crippen LogP contribution is 2.51. The van der Waals surface area contributed by atoms with E-state index in [0.29, 0.717) is 0 Å². The third-order valence-electron chi connectivity index (χ3n) is 3.35. The molecule has 1 aromatic carbocycles. The lowest BCUT2D eigenvalue weighted by Gasteiger charge is -2.19. The molecule has 0 atom stereocenters. The zero-order valence-corrected chi connectivity index (χ0v) is 10.2. The van der Waals surface area contributed by atoms with Crippen LogP contribution in [0.2, 0.25) is 0 Å². The lowest BCUT2D eigenvalue weighted by Crippen LogP contribution is -2.24. The first-order chi connectivity index (χ1) is 7.75. The number of hydrogen-bond donors (Lipinski definition) is 1. The molecule has 88 valence electrons. The molecule has 3 heteroatoms. The van der Waals surface area contributed by atoms with Gasteiger partial charge in [0, 0.05) is 23.6 Å². The standard InChI is InChI=1S/C13H19NO2/c1-14-9-13(6-7-13)11-5-4-10(15-2)8-12(11)16-3/h4-5,8,14H,6-7,9H2,1-3H3. The van der Waals surface area contributed by atoms with Gasteiger partial charge in [-0.15, -0.1) is 0 Å². The van der Waals surface area contributed by atoms with Crippen LogP contribution in [-0.2, 0) is 5.41 Å². The van der Waals surface area contributed by atoms with Crippen LogP contribution in [-0.4, -0.2) is 27.8 Å². The fourth-order valence-corrected chi connectivity index (χ4v) is 2.27. The molecular formula is C13H19NO2. The summed E-state index contributed by atoms with van der Waals surface area (Å²) in [6.45, 7) is 1.01. The highest BCUT2D eigenvalue weighted by atomic mass is 16.5. The summed E-state index contributed by atoms with van der Waals surface area (Å²) in [5.74, 6) is 1.79. The number of benzene rings is 1. The van der Waals surface area contributed by atoms with Gasteiger partial charge < -0.3 is 14.8 Å². The van der Waals surface area contributed by atoms with Crippen molar-refractivity contribution in [3.05, 3.63) is 23.8 Å². The van der Waals surface area contributed by atoms with E-state index in [4.69, 9.17) is 9.47 Å². The van der Waals surface area contributed by atoms with Gasteiger partial charge in [-0.2, -0.15) is 0 Å². The molecule has 1 aliphatic rings. The zero-order chi connectivity index (χ0) is 11.6. The first-order valence-corrected chi connectivity index (χ1v) is 5.63. The molecular weight excluding hydrogens is 202 g/mol. The van der Waals surface area contributed by atoms with Gasteiger partial charge in [-0.1, -0.05) is 6.07 Å². The molecule has 1 N–H and O–H groups in total. The maximum atomic E-state index is 5.45. The van der Waals surface area contributed by atoms with Crippen molar-refractivity contribution >= 4 is 0 Å². The normalized spacial score (nSPS) is 16.9. The number of likely N-dealkylation sites (N-methyl/N-ethyl adjacent to an activating group) is 1. The quantitative estimate of drug-likeness (QED) is 0.824. The summed E-state index contributed by atoms with van der Waals surface area (Å²) in [5.41, 5.74) is 1.58. The molecule has 3 nitrogen and oxygen atoms in total. The van der Waals surface area contributed by atoms with Crippen molar-refractivity contribution < 1.29 is 9.47 Å². The Morgan fingerprint density at radius 3 is 2.50 bits per heavy atom. The number of ether oxygens (including phenoxy) is 2. The predicted octanol–water partition coefficient (Wildman–Crippen LogP) is 1.95. The fraction of sp³-hybridized carbons (Fsp3) is 0.538. The maximum Gasteiger partial charge on any atom is 0.126 e. The Labute approximate surface area is 96.8 Å². The summed E-state index contributed by atoms with van der Waals surface area (Å²) in [6, 6.07) is 6.10. The number of nitrogens with one attached hydrogen (secondary N) is 1. The Morgan fingerprint density at radius 2 is 2.00 bits per heavy atom. The van der Waals surface area contributed by atoms with Gasteiger partial charge in [-0.25, -0.2) is 0 Å². The molecule has 16 heavy (non-hydrogen) atoms. The second kappa shape index (κ2) is 4.34. The van der Waals surface area contributed by atoms with Crippen LogP contribution in [0.4, 0.5) is 0 Å². The third kappa shape index (κ3) is 1.87. The Balaban J connectivity index is 2.33. The smallest absolute Gasteiger partial charge is 0.126 e. The van der Waals surface area contributed by atoms with E-state index < -0.39 is 0 Å². The molecule has 0 spiro atoms. The summed E-state index contributed by atoms with van der Waals surface area (Å²) in [5, 5.41) is 3.26. The SMILES string of the molecule is CNCC1(c2ccc(OC)cc2OC)CC1. The lowest BCUT2D eigenvalue weighted by atomic mass is 9.94. The van der Waals surface area contributed by atoms with Gasteiger partial charge in [0.25, 0.3) is 0 Å². The van der Waals surface area contributed by atoms with E-state index in [1.807, 2.05) is 19.2 Å². The summed E-state index contributed by atoms with van der Waals surface area (Å²) in [7, 11) is 5.39. The average Bonchev–Trinajstić information content (AvgIpc) is 3.09. The number of hydrogen-bond acceptors (Lipinski definition) is 3. The monoisotopic (exact) mass is 221 g/mol. The molecule has 0 heterocycles. The molecule has 0 aromatic heterocycles. The Kier molecular flexibility index (Phi) is 3.06. The van der Waals surface area contributed by atoms with Crippen molar-refractivity contribution in [2.45, 2.75) is 18.3 Å². The summed E-state index contributed by atoms with van der Waals surface area (Å²) < 4.78 is 10.7. The Hall–Kier alpha value is -1.22. The molecule has 0 amide bonds. The number of methoxy groups -OCH3 is 2. The molecule has 2 rings (SSSR count). The minimum absolute atomic E-state index is 0.284. The van der Waals surface area contributed by atoms with Crippen molar-refractivity contribution in [2.24, 2.45) is 0 Å². The van der Waals surface area contributed by atoms with E-state index in [2.05, 4.69) is 11.4 Å². The van der Waals surface area contributed by atoms with Gasteiger partial charge in [0.1, 0.15) is 11.5 Å². The molecule has 1 aliphatic carbocycles. The Morgan fingerprint density at radius 1 is 1.25 bits per heavy atom. The van der Waals surface area contributed by atoms with Crippen molar-refractivity contribution in [3.8, 4) is 11.5 Å².